The van der Waals surface area contributed by atoms with Crippen molar-refractivity contribution in [3.05, 3.63) is 45.6 Å². The molecule has 0 amide bonds. The van der Waals surface area contributed by atoms with Gasteiger partial charge in [0.05, 0.1) is 5.39 Å². The highest BCUT2D eigenvalue weighted by Crippen LogP contribution is 2.36. The Hall–Kier alpha value is -1.33. The minimum Gasteiger partial charge on any atom is -0.283 e. The van der Waals surface area contributed by atoms with Crippen LogP contribution in [0.4, 0.5) is 0 Å². The molecule has 0 saturated carbocycles. The van der Waals surface area contributed by atoms with Crippen LogP contribution in [0.25, 0.3) is 10.2 Å². The molecule has 1 aliphatic carbocycles. The summed E-state index contributed by atoms with van der Waals surface area (Å²) in [6.45, 7) is 12.5. The summed E-state index contributed by atoms with van der Waals surface area (Å²) < 4.78 is 1.76. The lowest BCUT2D eigenvalue weighted by Gasteiger charge is -2.17. The molecule has 2 aromatic heterocycles. The highest BCUT2D eigenvalue weighted by Gasteiger charge is 2.24. The summed E-state index contributed by atoms with van der Waals surface area (Å²) in [5, 5.41) is 1.62. The first-order chi connectivity index (χ1) is 11.0. The second-order valence-electron chi connectivity index (χ2n) is 6.38. The Morgan fingerprint density at radius 2 is 2.35 bits per heavy atom. The van der Waals surface area contributed by atoms with Crippen LogP contribution in [0.1, 0.15) is 30.7 Å². The fourth-order valence-electron chi connectivity index (χ4n) is 2.99. The molecular formula is C18H22N2OS2. The van der Waals surface area contributed by atoms with Gasteiger partial charge in [0.15, 0.2) is 5.16 Å². The van der Waals surface area contributed by atoms with E-state index in [1.165, 1.54) is 10.4 Å². The van der Waals surface area contributed by atoms with Gasteiger partial charge in [-0.15, -0.1) is 17.9 Å². The summed E-state index contributed by atoms with van der Waals surface area (Å²) in [5.41, 5.74) is 2.41. The summed E-state index contributed by atoms with van der Waals surface area (Å²) in [6.07, 6.45) is 5.00. The quantitative estimate of drug-likeness (QED) is 0.456. The van der Waals surface area contributed by atoms with Crippen molar-refractivity contribution >= 4 is 33.3 Å². The molecule has 122 valence electrons. The lowest BCUT2D eigenvalue weighted by atomic mass is 9.89. The maximum atomic E-state index is 13.0. The van der Waals surface area contributed by atoms with E-state index in [2.05, 4.69) is 20.1 Å². The standard InChI is InChI=1S/C18H22N2OS2/c1-5-8-20-17(21)15-13-7-6-12(4)9-14(13)23-16(15)19-18(20)22-10-11(2)3/h5,12H,1-2,6-10H2,3-4H3/t12-/m0/s1. The molecule has 2 aromatic rings. The van der Waals surface area contributed by atoms with Gasteiger partial charge in [0.25, 0.3) is 5.56 Å². The fourth-order valence-corrected chi connectivity index (χ4v) is 5.27. The first-order valence-electron chi connectivity index (χ1n) is 7.94. The monoisotopic (exact) mass is 346 g/mol. The predicted octanol–water partition coefficient (Wildman–Crippen LogP) is 4.44. The Balaban J connectivity index is 2.17. The van der Waals surface area contributed by atoms with Crippen molar-refractivity contribution in [2.24, 2.45) is 5.92 Å². The molecule has 0 unspecified atom stereocenters. The van der Waals surface area contributed by atoms with E-state index in [-0.39, 0.29) is 5.56 Å². The molecule has 2 heterocycles. The number of nitrogens with zero attached hydrogens (tertiary/aromatic N) is 2. The smallest absolute Gasteiger partial charge is 0.263 e. The van der Waals surface area contributed by atoms with Crippen molar-refractivity contribution in [2.75, 3.05) is 5.75 Å². The molecule has 0 aliphatic heterocycles. The Bertz CT molecular complexity index is 832. The van der Waals surface area contributed by atoms with E-state index in [1.807, 2.05) is 6.92 Å². The van der Waals surface area contributed by atoms with Crippen LogP contribution >= 0.6 is 23.1 Å². The van der Waals surface area contributed by atoms with Crippen molar-refractivity contribution in [3.63, 3.8) is 0 Å². The van der Waals surface area contributed by atoms with E-state index in [9.17, 15) is 4.79 Å². The molecule has 0 spiro atoms. The van der Waals surface area contributed by atoms with Gasteiger partial charge >= 0.3 is 0 Å². The average Bonchev–Trinajstić information content (AvgIpc) is 2.85. The number of allylic oxidation sites excluding steroid dienone is 1. The van der Waals surface area contributed by atoms with Crippen molar-refractivity contribution in [2.45, 2.75) is 44.8 Å². The molecule has 3 rings (SSSR count). The summed E-state index contributed by atoms with van der Waals surface area (Å²) >= 11 is 3.29. The van der Waals surface area contributed by atoms with Crippen LogP contribution in [0.2, 0.25) is 0 Å². The second-order valence-corrected chi connectivity index (χ2v) is 8.40. The minimum atomic E-state index is 0.0890. The third-order valence-corrected chi connectivity index (χ3v) is 6.49. The minimum absolute atomic E-state index is 0.0890. The highest BCUT2D eigenvalue weighted by atomic mass is 32.2. The first kappa shape index (κ1) is 16.5. The van der Waals surface area contributed by atoms with Crippen molar-refractivity contribution < 1.29 is 0 Å². The van der Waals surface area contributed by atoms with Gasteiger partial charge in [-0.3, -0.25) is 9.36 Å². The molecule has 1 aliphatic rings. The second kappa shape index (κ2) is 6.65. The van der Waals surface area contributed by atoms with Gasteiger partial charge < -0.3 is 0 Å². The highest BCUT2D eigenvalue weighted by molar-refractivity contribution is 7.99. The van der Waals surface area contributed by atoms with Gasteiger partial charge in [0.2, 0.25) is 0 Å². The van der Waals surface area contributed by atoms with Crippen molar-refractivity contribution in [3.8, 4) is 0 Å². The zero-order valence-electron chi connectivity index (χ0n) is 13.7. The van der Waals surface area contributed by atoms with Crippen LogP contribution in [0, 0.1) is 5.92 Å². The normalized spacial score (nSPS) is 17.2. The summed E-state index contributed by atoms with van der Waals surface area (Å²) in [5.74, 6) is 1.47. The predicted molar refractivity (Wildman–Crippen MR) is 101 cm³/mol. The molecule has 0 bridgehead atoms. The molecule has 5 heteroatoms. The number of rotatable bonds is 5. The Labute approximate surface area is 145 Å². The number of thiophene rings is 1. The van der Waals surface area contributed by atoms with Crippen LogP contribution in [0.3, 0.4) is 0 Å². The number of hydrogen-bond donors (Lipinski definition) is 0. The number of aromatic nitrogens is 2. The molecule has 0 fully saturated rings. The van der Waals surface area contributed by atoms with Gasteiger partial charge in [-0.05, 0) is 37.7 Å². The van der Waals surface area contributed by atoms with Crippen molar-refractivity contribution in [1.29, 1.82) is 0 Å². The molecule has 0 radical (unpaired) electrons. The van der Waals surface area contributed by atoms with E-state index in [0.29, 0.717) is 12.5 Å². The molecular weight excluding hydrogens is 324 g/mol. The topological polar surface area (TPSA) is 34.9 Å². The fraction of sp³-hybridized carbons (Fsp3) is 0.444. The Morgan fingerprint density at radius 3 is 3.04 bits per heavy atom. The van der Waals surface area contributed by atoms with E-state index in [4.69, 9.17) is 4.98 Å². The molecule has 0 saturated heterocycles. The van der Waals surface area contributed by atoms with Crippen LogP contribution < -0.4 is 5.56 Å². The Kier molecular flexibility index (Phi) is 4.78. The van der Waals surface area contributed by atoms with Crippen LogP contribution in [0.15, 0.2) is 34.8 Å². The van der Waals surface area contributed by atoms with E-state index < -0.39 is 0 Å². The zero-order chi connectivity index (χ0) is 16.6. The van der Waals surface area contributed by atoms with Gasteiger partial charge in [-0.2, -0.15) is 0 Å². The Morgan fingerprint density at radius 1 is 1.57 bits per heavy atom. The van der Waals surface area contributed by atoms with E-state index >= 15 is 0 Å². The van der Waals surface area contributed by atoms with E-state index in [0.717, 1.165) is 46.0 Å². The number of aryl methyl sites for hydroxylation is 1. The molecule has 3 nitrogen and oxygen atoms in total. The maximum absolute atomic E-state index is 13.0. The first-order valence-corrected chi connectivity index (χ1v) is 9.74. The lowest BCUT2D eigenvalue weighted by molar-refractivity contribution is 0.509. The van der Waals surface area contributed by atoms with Gasteiger partial charge in [-0.25, -0.2) is 4.98 Å². The van der Waals surface area contributed by atoms with Crippen molar-refractivity contribution in [1.82, 2.24) is 9.55 Å². The largest absolute Gasteiger partial charge is 0.283 e. The van der Waals surface area contributed by atoms with Crippen LogP contribution in [-0.2, 0) is 19.4 Å². The SMILES string of the molecule is C=CCn1c(SCC(=C)C)nc2sc3c(c2c1=O)CC[C@H](C)C3. The third-order valence-electron chi connectivity index (χ3n) is 4.14. The lowest BCUT2D eigenvalue weighted by Crippen LogP contribution is -2.23. The third kappa shape index (κ3) is 3.17. The maximum Gasteiger partial charge on any atom is 0.263 e. The molecule has 0 N–H and O–H groups in total. The van der Waals surface area contributed by atoms with Crippen LogP contribution in [-0.4, -0.2) is 15.3 Å². The van der Waals surface area contributed by atoms with Gasteiger partial charge in [0, 0.05) is 17.2 Å². The summed E-state index contributed by atoms with van der Waals surface area (Å²) in [7, 11) is 0. The number of thioether (sulfide) groups is 1. The summed E-state index contributed by atoms with van der Waals surface area (Å²) in [4.78, 5) is 20.1. The van der Waals surface area contributed by atoms with Gasteiger partial charge in [-0.1, -0.05) is 36.9 Å². The summed E-state index contributed by atoms with van der Waals surface area (Å²) in [6, 6.07) is 0. The molecule has 0 aromatic carbocycles. The van der Waals surface area contributed by atoms with E-state index in [1.54, 1.807) is 33.7 Å². The molecule has 1 atom stereocenters. The average molecular weight is 347 g/mol. The zero-order valence-corrected chi connectivity index (χ0v) is 15.4. The molecule has 23 heavy (non-hydrogen) atoms. The number of fused-ring (bicyclic) bond motifs is 3. The number of hydrogen-bond acceptors (Lipinski definition) is 4. The van der Waals surface area contributed by atoms with Gasteiger partial charge in [0.1, 0.15) is 4.83 Å². The van der Waals surface area contributed by atoms with Crippen LogP contribution in [0.5, 0.6) is 0 Å².